The summed E-state index contributed by atoms with van der Waals surface area (Å²) in [6.45, 7) is 0.888. The standard InChI is InChI=1S/C16H14F4N2OS/c17-12-5-3-10(4-6-12)14(23)11-2-1-7-22(9-11)15-21-8-13(24-15)16(18,19)20/h3-6,8,11H,1-2,7,9H2. The summed E-state index contributed by atoms with van der Waals surface area (Å²) in [5.74, 6) is -0.867. The first-order valence-electron chi connectivity index (χ1n) is 7.42. The first-order chi connectivity index (χ1) is 11.3. The number of hydrogen-bond donors (Lipinski definition) is 0. The van der Waals surface area contributed by atoms with Gasteiger partial charge in [0, 0.05) is 24.6 Å². The molecule has 1 aliphatic rings. The largest absolute Gasteiger partial charge is 0.427 e. The molecule has 0 N–H and O–H groups in total. The van der Waals surface area contributed by atoms with Gasteiger partial charge in [0.05, 0.1) is 6.20 Å². The number of nitrogens with zero attached hydrogens (tertiary/aromatic N) is 2. The van der Waals surface area contributed by atoms with Crippen molar-refractivity contribution in [2.75, 3.05) is 18.0 Å². The molecule has 24 heavy (non-hydrogen) atoms. The minimum atomic E-state index is -4.41. The average Bonchev–Trinajstić information content (AvgIpc) is 3.05. The molecule has 3 rings (SSSR count). The van der Waals surface area contributed by atoms with Crippen LogP contribution in [0.4, 0.5) is 22.7 Å². The molecule has 2 aromatic rings. The fourth-order valence-corrected chi connectivity index (χ4v) is 3.58. The van der Waals surface area contributed by atoms with Crippen LogP contribution in [0.25, 0.3) is 0 Å². The molecule has 1 unspecified atom stereocenters. The van der Waals surface area contributed by atoms with Crippen LogP contribution in [0.1, 0.15) is 28.1 Å². The molecule has 3 nitrogen and oxygen atoms in total. The maximum absolute atomic E-state index is 13.0. The van der Waals surface area contributed by atoms with E-state index in [0.717, 1.165) is 6.20 Å². The van der Waals surface area contributed by atoms with Crippen LogP contribution >= 0.6 is 11.3 Å². The third kappa shape index (κ3) is 3.58. The number of anilines is 1. The predicted molar refractivity (Wildman–Crippen MR) is 82.8 cm³/mol. The molecule has 1 saturated heterocycles. The van der Waals surface area contributed by atoms with Gasteiger partial charge in [0.15, 0.2) is 10.9 Å². The van der Waals surface area contributed by atoms with E-state index in [2.05, 4.69) is 4.98 Å². The Labute approximate surface area is 139 Å². The molecule has 0 amide bonds. The summed E-state index contributed by atoms with van der Waals surface area (Å²) < 4.78 is 51.0. The van der Waals surface area contributed by atoms with Crippen LogP contribution in [-0.2, 0) is 6.18 Å². The van der Waals surface area contributed by atoms with Crippen LogP contribution in [0.5, 0.6) is 0 Å². The summed E-state index contributed by atoms with van der Waals surface area (Å²) in [6, 6.07) is 5.32. The average molecular weight is 358 g/mol. The van der Waals surface area contributed by atoms with Crippen LogP contribution in [0, 0.1) is 11.7 Å². The number of thiazole rings is 1. The summed E-state index contributed by atoms with van der Waals surface area (Å²) in [6.07, 6.45) is -2.23. The van der Waals surface area contributed by atoms with Crippen LogP contribution in [-0.4, -0.2) is 23.9 Å². The van der Waals surface area contributed by atoms with E-state index in [9.17, 15) is 22.4 Å². The lowest BCUT2D eigenvalue weighted by Gasteiger charge is -2.31. The van der Waals surface area contributed by atoms with Crippen molar-refractivity contribution in [2.45, 2.75) is 19.0 Å². The summed E-state index contributed by atoms with van der Waals surface area (Å²) >= 11 is 0.587. The monoisotopic (exact) mass is 358 g/mol. The van der Waals surface area contributed by atoms with E-state index < -0.39 is 16.9 Å². The van der Waals surface area contributed by atoms with Crippen molar-refractivity contribution in [3.63, 3.8) is 0 Å². The Hall–Kier alpha value is -1.96. The first-order valence-corrected chi connectivity index (χ1v) is 8.24. The van der Waals surface area contributed by atoms with E-state index in [0.29, 0.717) is 42.8 Å². The van der Waals surface area contributed by atoms with Crippen molar-refractivity contribution < 1.29 is 22.4 Å². The molecule has 0 aliphatic carbocycles. The van der Waals surface area contributed by atoms with Gasteiger partial charge in [0.1, 0.15) is 10.7 Å². The Kier molecular flexibility index (Phi) is 4.58. The van der Waals surface area contributed by atoms with Gasteiger partial charge in [-0.05, 0) is 37.1 Å². The number of alkyl halides is 3. The topological polar surface area (TPSA) is 33.2 Å². The summed E-state index contributed by atoms with van der Waals surface area (Å²) in [7, 11) is 0. The zero-order chi connectivity index (χ0) is 17.3. The van der Waals surface area contributed by atoms with Crippen molar-refractivity contribution in [3.05, 3.63) is 46.7 Å². The van der Waals surface area contributed by atoms with E-state index in [1.807, 2.05) is 0 Å². The highest BCUT2D eigenvalue weighted by Crippen LogP contribution is 2.37. The maximum Gasteiger partial charge on any atom is 0.427 e. The molecule has 1 atom stereocenters. The second kappa shape index (κ2) is 6.51. The van der Waals surface area contributed by atoms with E-state index in [1.54, 1.807) is 4.90 Å². The highest BCUT2D eigenvalue weighted by Gasteiger charge is 2.35. The Morgan fingerprint density at radius 2 is 1.96 bits per heavy atom. The van der Waals surface area contributed by atoms with Crippen LogP contribution in [0.15, 0.2) is 30.5 Å². The number of rotatable bonds is 3. The number of piperidine rings is 1. The van der Waals surface area contributed by atoms with Crippen molar-refractivity contribution in [2.24, 2.45) is 5.92 Å². The van der Waals surface area contributed by atoms with Gasteiger partial charge < -0.3 is 4.90 Å². The number of carbonyl (C=O) groups is 1. The van der Waals surface area contributed by atoms with Crippen LogP contribution < -0.4 is 4.90 Å². The molecule has 1 fully saturated rings. The Morgan fingerprint density at radius 1 is 1.25 bits per heavy atom. The van der Waals surface area contributed by atoms with E-state index in [-0.39, 0.29) is 16.8 Å². The smallest absolute Gasteiger partial charge is 0.347 e. The number of ketones is 1. The molecule has 1 aromatic carbocycles. The SMILES string of the molecule is O=C(c1ccc(F)cc1)C1CCCN(c2ncc(C(F)(F)F)s2)C1. The van der Waals surface area contributed by atoms with Crippen molar-refractivity contribution in [1.29, 1.82) is 0 Å². The van der Waals surface area contributed by atoms with Crippen LogP contribution in [0.3, 0.4) is 0 Å². The number of halogens is 4. The van der Waals surface area contributed by atoms with Gasteiger partial charge in [0.25, 0.3) is 0 Å². The van der Waals surface area contributed by atoms with Crippen molar-refractivity contribution >= 4 is 22.3 Å². The number of aromatic nitrogens is 1. The maximum atomic E-state index is 13.0. The summed E-state index contributed by atoms with van der Waals surface area (Å²) in [5, 5.41) is 0.277. The van der Waals surface area contributed by atoms with Gasteiger partial charge in [-0.3, -0.25) is 4.79 Å². The minimum absolute atomic E-state index is 0.118. The zero-order valence-electron chi connectivity index (χ0n) is 12.5. The molecule has 8 heteroatoms. The Bertz CT molecular complexity index is 726. The lowest BCUT2D eigenvalue weighted by Crippen LogP contribution is -2.38. The molecule has 1 aliphatic heterocycles. The number of carbonyl (C=O) groups excluding carboxylic acids is 1. The lowest BCUT2D eigenvalue weighted by atomic mass is 9.90. The van der Waals surface area contributed by atoms with Crippen molar-refractivity contribution in [3.8, 4) is 0 Å². The quantitative estimate of drug-likeness (QED) is 0.602. The Morgan fingerprint density at radius 3 is 2.58 bits per heavy atom. The number of benzene rings is 1. The zero-order valence-corrected chi connectivity index (χ0v) is 13.3. The highest BCUT2D eigenvalue weighted by molar-refractivity contribution is 7.15. The van der Waals surface area contributed by atoms with E-state index in [4.69, 9.17) is 0 Å². The fourth-order valence-electron chi connectivity index (χ4n) is 2.76. The molecule has 1 aromatic heterocycles. The number of hydrogen-bond acceptors (Lipinski definition) is 4. The highest BCUT2D eigenvalue weighted by atomic mass is 32.1. The van der Waals surface area contributed by atoms with Gasteiger partial charge >= 0.3 is 6.18 Å². The summed E-state index contributed by atoms with van der Waals surface area (Å²) in [4.78, 5) is 17.3. The first kappa shape index (κ1) is 16.9. The van der Waals surface area contributed by atoms with Gasteiger partial charge in [-0.1, -0.05) is 11.3 Å². The van der Waals surface area contributed by atoms with Gasteiger partial charge in [-0.15, -0.1) is 0 Å². The third-order valence-electron chi connectivity index (χ3n) is 3.96. The van der Waals surface area contributed by atoms with Gasteiger partial charge in [-0.25, -0.2) is 9.37 Å². The second-order valence-corrected chi connectivity index (χ2v) is 6.67. The minimum Gasteiger partial charge on any atom is -0.347 e. The molecule has 0 radical (unpaired) electrons. The van der Waals surface area contributed by atoms with E-state index in [1.165, 1.54) is 24.3 Å². The fraction of sp³-hybridized carbons (Fsp3) is 0.375. The molecule has 0 saturated carbocycles. The lowest BCUT2D eigenvalue weighted by molar-refractivity contribution is -0.134. The molecule has 0 spiro atoms. The van der Waals surface area contributed by atoms with Gasteiger partial charge in [0.2, 0.25) is 0 Å². The van der Waals surface area contributed by atoms with Gasteiger partial charge in [-0.2, -0.15) is 13.2 Å². The molecular weight excluding hydrogens is 344 g/mol. The molecular formula is C16H14F4N2OS. The van der Waals surface area contributed by atoms with E-state index >= 15 is 0 Å². The normalized spacial score (nSPS) is 18.7. The van der Waals surface area contributed by atoms with Crippen LogP contribution in [0.2, 0.25) is 0 Å². The van der Waals surface area contributed by atoms with Crippen molar-refractivity contribution in [1.82, 2.24) is 4.98 Å². The molecule has 0 bridgehead atoms. The predicted octanol–water partition coefficient (Wildman–Crippen LogP) is 4.40. The second-order valence-electron chi connectivity index (χ2n) is 5.66. The Balaban J connectivity index is 1.73. The molecule has 128 valence electrons. The number of Topliss-reactive ketones (excluding diaryl/α,β-unsaturated/α-hetero) is 1. The summed E-state index contributed by atoms with van der Waals surface area (Å²) in [5.41, 5.74) is 0.415. The molecule has 2 heterocycles. The third-order valence-corrected chi connectivity index (χ3v) is 5.07.